The Kier molecular flexibility index (Phi) is 10.4. The summed E-state index contributed by atoms with van der Waals surface area (Å²) in [5.41, 5.74) is 3.98. The summed E-state index contributed by atoms with van der Waals surface area (Å²) in [4.78, 5) is 41.6. The van der Waals surface area contributed by atoms with Crippen LogP contribution in [0.15, 0.2) is 59.8 Å². The fourth-order valence-electron chi connectivity index (χ4n) is 5.54. The van der Waals surface area contributed by atoms with Gasteiger partial charge in [-0.3, -0.25) is 9.59 Å². The number of nitrogens with zero attached hydrogens (tertiary/aromatic N) is 5. The number of thioether (sulfide) groups is 1. The number of carbonyl (C=O) groups excluding carboxylic acids is 2. The highest BCUT2D eigenvalue weighted by Gasteiger charge is 2.29. The molecule has 3 aromatic rings. The van der Waals surface area contributed by atoms with Gasteiger partial charge in [-0.1, -0.05) is 30.8 Å². The molecule has 0 radical (unpaired) electrons. The van der Waals surface area contributed by atoms with Crippen LogP contribution < -0.4 is 14.5 Å². The molecule has 3 heterocycles. The van der Waals surface area contributed by atoms with Crippen molar-refractivity contribution in [1.82, 2.24) is 14.9 Å². The minimum Gasteiger partial charge on any atom is -0.497 e. The van der Waals surface area contributed by atoms with E-state index in [0.29, 0.717) is 31.0 Å². The lowest BCUT2D eigenvalue weighted by Gasteiger charge is -2.37. The highest BCUT2D eigenvalue weighted by molar-refractivity contribution is 7.98. The molecule has 1 atom stereocenters. The Labute approximate surface area is 258 Å². The smallest absolute Gasteiger partial charge is 0.310 e. The normalized spacial score (nSPS) is 17.1. The maximum absolute atomic E-state index is 13.1. The molecule has 2 aliphatic rings. The van der Waals surface area contributed by atoms with Crippen LogP contribution in [0.3, 0.4) is 0 Å². The summed E-state index contributed by atoms with van der Waals surface area (Å²) in [6.45, 7) is 9.00. The molecule has 2 fully saturated rings. The molecule has 1 amide bonds. The van der Waals surface area contributed by atoms with Crippen LogP contribution in [-0.4, -0.2) is 79.7 Å². The fourth-order valence-corrected chi connectivity index (χ4v) is 6.37. The van der Waals surface area contributed by atoms with Gasteiger partial charge in [0.25, 0.3) is 5.91 Å². The Balaban J connectivity index is 1.17. The number of aryl methyl sites for hydroxylation is 1. The quantitative estimate of drug-likeness (QED) is 0.179. The molecular weight excluding hydrogens is 562 g/mol. The Bertz CT molecular complexity index is 1380. The molecule has 1 unspecified atom stereocenters. The molecule has 9 nitrogen and oxygen atoms in total. The zero-order valence-electron chi connectivity index (χ0n) is 25.3. The number of esters is 1. The number of anilines is 2. The lowest BCUT2D eigenvalue weighted by molar-refractivity contribution is -0.149. The maximum atomic E-state index is 13.1. The first-order valence-electron chi connectivity index (χ1n) is 15.2. The first-order chi connectivity index (χ1) is 21.0. The number of hydrogen-bond donors (Lipinski definition) is 0. The minimum absolute atomic E-state index is 0.0380. The van der Waals surface area contributed by atoms with Gasteiger partial charge in [-0.15, -0.1) is 0 Å². The molecule has 0 aliphatic carbocycles. The van der Waals surface area contributed by atoms with Crippen LogP contribution in [0.1, 0.15) is 48.3 Å². The van der Waals surface area contributed by atoms with Crippen molar-refractivity contribution in [2.75, 3.05) is 62.8 Å². The molecule has 0 saturated carbocycles. The van der Waals surface area contributed by atoms with Gasteiger partial charge in [0.15, 0.2) is 5.16 Å². The van der Waals surface area contributed by atoms with Gasteiger partial charge >= 0.3 is 5.97 Å². The largest absolute Gasteiger partial charge is 0.497 e. The fraction of sp³-hybridized carbons (Fsp3) is 0.455. The Morgan fingerprint density at radius 2 is 1.65 bits per heavy atom. The zero-order valence-corrected chi connectivity index (χ0v) is 26.1. The molecule has 0 spiro atoms. The van der Waals surface area contributed by atoms with Crippen molar-refractivity contribution in [2.24, 2.45) is 5.92 Å². The van der Waals surface area contributed by atoms with Crippen molar-refractivity contribution >= 4 is 35.1 Å². The second kappa shape index (κ2) is 14.6. The Hall–Kier alpha value is -3.79. The summed E-state index contributed by atoms with van der Waals surface area (Å²) in [5, 5.41) is 0.769. The van der Waals surface area contributed by atoms with E-state index in [1.54, 1.807) is 23.8 Å². The van der Waals surface area contributed by atoms with Crippen LogP contribution in [0.25, 0.3) is 0 Å². The van der Waals surface area contributed by atoms with Gasteiger partial charge in [-0.2, -0.15) is 0 Å². The number of amides is 1. The maximum Gasteiger partial charge on any atom is 0.310 e. The van der Waals surface area contributed by atoms with Gasteiger partial charge in [-0.05, 0) is 68.1 Å². The summed E-state index contributed by atoms with van der Waals surface area (Å²) in [6.07, 6.45) is 2.42. The highest BCUT2D eigenvalue weighted by atomic mass is 32.2. The molecule has 5 rings (SSSR count). The summed E-state index contributed by atoms with van der Waals surface area (Å²) < 4.78 is 10.5. The summed E-state index contributed by atoms with van der Waals surface area (Å²) >= 11 is 1.61. The first kappa shape index (κ1) is 30.7. The van der Waals surface area contributed by atoms with Gasteiger partial charge in [0.1, 0.15) is 11.6 Å². The molecule has 2 aromatic carbocycles. The van der Waals surface area contributed by atoms with E-state index in [4.69, 9.17) is 19.4 Å². The molecule has 43 heavy (non-hydrogen) atoms. The third kappa shape index (κ3) is 7.79. The van der Waals surface area contributed by atoms with E-state index in [1.807, 2.05) is 43.3 Å². The second-order valence-corrected chi connectivity index (χ2v) is 11.8. The van der Waals surface area contributed by atoms with Crippen molar-refractivity contribution in [2.45, 2.75) is 44.0 Å². The average molecular weight is 604 g/mol. The number of benzene rings is 2. The van der Waals surface area contributed by atoms with Gasteiger partial charge in [0.05, 0.1) is 19.6 Å². The van der Waals surface area contributed by atoms with E-state index in [9.17, 15) is 9.59 Å². The van der Waals surface area contributed by atoms with Crippen LogP contribution in [0, 0.1) is 5.92 Å². The van der Waals surface area contributed by atoms with E-state index < -0.39 is 0 Å². The predicted octanol–water partition coefficient (Wildman–Crippen LogP) is 5.08. The Morgan fingerprint density at radius 1 is 0.930 bits per heavy atom. The third-order valence-corrected chi connectivity index (χ3v) is 8.96. The van der Waals surface area contributed by atoms with E-state index in [2.05, 4.69) is 34.9 Å². The number of methoxy groups -OCH3 is 1. The predicted molar refractivity (Wildman–Crippen MR) is 170 cm³/mol. The number of likely N-dealkylation sites (tertiary alicyclic amines) is 1. The molecular formula is C33H41N5O4S. The molecule has 0 N–H and O–H groups in total. The highest BCUT2D eigenvalue weighted by Crippen LogP contribution is 2.26. The SMILES string of the molecule is CCOC(=O)C1CCCN(C(=O)c2ccc(CSc3nc(CC)cc(N4CCN(c5ccc(OC)cc5)CC4)n3)cc2)C1. The van der Waals surface area contributed by atoms with Gasteiger partial charge < -0.3 is 24.2 Å². The van der Waals surface area contributed by atoms with Crippen LogP contribution >= 0.6 is 11.8 Å². The molecule has 228 valence electrons. The van der Waals surface area contributed by atoms with Crippen molar-refractivity contribution in [3.05, 3.63) is 71.4 Å². The molecule has 0 bridgehead atoms. The minimum atomic E-state index is -0.241. The lowest BCUT2D eigenvalue weighted by Crippen LogP contribution is -2.46. The molecule has 10 heteroatoms. The number of ether oxygens (including phenoxy) is 2. The summed E-state index contributed by atoms with van der Waals surface area (Å²) in [7, 11) is 1.69. The van der Waals surface area contributed by atoms with Gasteiger partial charge in [0.2, 0.25) is 0 Å². The van der Waals surface area contributed by atoms with Crippen LogP contribution in [0.5, 0.6) is 5.75 Å². The van der Waals surface area contributed by atoms with Gasteiger partial charge in [-0.25, -0.2) is 9.97 Å². The Morgan fingerprint density at radius 3 is 2.33 bits per heavy atom. The lowest BCUT2D eigenvalue weighted by atomic mass is 9.97. The van der Waals surface area contributed by atoms with Crippen molar-refractivity contribution in [3.8, 4) is 5.75 Å². The zero-order chi connectivity index (χ0) is 30.2. The van der Waals surface area contributed by atoms with E-state index in [0.717, 1.165) is 73.4 Å². The van der Waals surface area contributed by atoms with Crippen molar-refractivity contribution in [1.29, 1.82) is 0 Å². The van der Waals surface area contributed by atoms with Crippen LogP contribution in [0.2, 0.25) is 0 Å². The third-order valence-electron chi connectivity index (χ3n) is 8.05. The van der Waals surface area contributed by atoms with E-state index >= 15 is 0 Å². The summed E-state index contributed by atoms with van der Waals surface area (Å²) in [5.74, 6) is 2.07. The van der Waals surface area contributed by atoms with Crippen LogP contribution in [-0.2, 0) is 21.7 Å². The number of piperidine rings is 1. The first-order valence-corrected chi connectivity index (χ1v) is 16.2. The van der Waals surface area contributed by atoms with Crippen LogP contribution in [0.4, 0.5) is 11.5 Å². The van der Waals surface area contributed by atoms with Gasteiger partial charge in [0, 0.05) is 68.0 Å². The number of rotatable bonds is 10. The topological polar surface area (TPSA) is 88.1 Å². The molecule has 2 aliphatic heterocycles. The van der Waals surface area contributed by atoms with Crippen molar-refractivity contribution in [3.63, 3.8) is 0 Å². The number of aromatic nitrogens is 2. The average Bonchev–Trinajstić information content (AvgIpc) is 3.07. The van der Waals surface area contributed by atoms with E-state index in [-0.39, 0.29) is 17.8 Å². The second-order valence-electron chi connectivity index (χ2n) is 10.9. The molecule has 1 aromatic heterocycles. The number of piperazine rings is 1. The standard InChI is InChI=1S/C33H41N5O4S/c1-4-27-21-30(37-19-17-36(18-20-37)28-12-14-29(41-3)15-13-28)35-33(34-27)43-23-24-8-10-25(11-9-24)31(39)38-16-6-7-26(22-38)32(40)42-5-2/h8-15,21,26H,4-7,16-20,22-23H2,1-3H3. The number of carbonyl (C=O) groups is 2. The number of hydrogen-bond acceptors (Lipinski definition) is 9. The van der Waals surface area contributed by atoms with E-state index in [1.165, 1.54) is 5.69 Å². The summed E-state index contributed by atoms with van der Waals surface area (Å²) in [6, 6.07) is 18.1. The molecule has 2 saturated heterocycles. The monoisotopic (exact) mass is 603 g/mol. The van der Waals surface area contributed by atoms with Crippen molar-refractivity contribution < 1.29 is 19.1 Å².